The summed E-state index contributed by atoms with van der Waals surface area (Å²) in [6, 6.07) is 9.32. The van der Waals surface area contributed by atoms with Gasteiger partial charge in [-0.2, -0.15) is 0 Å². The van der Waals surface area contributed by atoms with Gasteiger partial charge in [0.15, 0.2) is 0 Å². The Hall–Kier alpha value is -1.59. The Morgan fingerprint density at radius 2 is 1.71 bits per heavy atom. The van der Waals surface area contributed by atoms with E-state index < -0.39 is 0 Å². The van der Waals surface area contributed by atoms with Crippen molar-refractivity contribution >= 4 is 24.2 Å². The summed E-state index contributed by atoms with van der Waals surface area (Å²) in [5.74, 6) is -0.374. The van der Waals surface area contributed by atoms with E-state index in [4.69, 9.17) is 5.73 Å². The number of halogens is 1. The van der Waals surface area contributed by atoms with Crippen molar-refractivity contribution in [1.82, 2.24) is 10.6 Å². The molecule has 1 aromatic carbocycles. The number of hydrogen-bond donors (Lipinski definition) is 3. The lowest BCUT2D eigenvalue weighted by Gasteiger charge is -2.26. The first-order valence-corrected chi connectivity index (χ1v) is 7.03. The minimum Gasteiger partial charge on any atom is -0.352 e. The van der Waals surface area contributed by atoms with E-state index in [0.29, 0.717) is 5.56 Å². The van der Waals surface area contributed by atoms with Gasteiger partial charge in [0, 0.05) is 17.6 Å². The van der Waals surface area contributed by atoms with E-state index in [1.165, 1.54) is 0 Å². The third-order valence-electron chi connectivity index (χ3n) is 3.58. The molecule has 5 nitrogen and oxygen atoms in total. The Kier molecular flexibility index (Phi) is 7.19. The summed E-state index contributed by atoms with van der Waals surface area (Å²) in [6.07, 6.45) is 3.72. The van der Waals surface area contributed by atoms with Crippen molar-refractivity contribution in [2.24, 2.45) is 5.73 Å². The fraction of sp³-hybridized carbons (Fsp3) is 0.467. The molecule has 0 atom stereocenters. The summed E-state index contributed by atoms with van der Waals surface area (Å²) in [4.78, 5) is 23.5. The van der Waals surface area contributed by atoms with Crippen LogP contribution in [0.1, 0.15) is 36.0 Å². The standard InChI is InChI=1S/C15H21N3O2.ClH/c16-12-6-8-13(9-7-12)18-14(19)10-17-15(20)11-4-2-1-3-5-11;/h1-5,12-13H,6-10,16H2,(H,17,20)(H,18,19);1H. The van der Waals surface area contributed by atoms with Gasteiger partial charge >= 0.3 is 0 Å². The van der Waals surface area contributed by atoms with Crippen molar-refractivity contribution in [3.63, 3.8) is 0 Å². The highest BCUT2D eigenvalue weighted by Gasteiger charge is 2.20. The van der Waals surface area contributed by atoms with Crippen molar-refractivity contribution in [3.8, 4) is 0 Å². The lowest BCUT2D eigenvalue weighted by atomic mass is 9.92. The average Bonchev–Trinajstić information content (AvgIpc) is 2.48. The molecule has 0 spiro atoms. The zero-order chi connectivity index (χ0) is 14.4. The molecular formula is C15H22ClN3O2. The maximum atomic E-state index is 11.8. The third kappa shape index (κ3) is 5.73. The predicted octanol–water partition coefficient (Wildman–Crippen LogP) is 1.22. The molecule has 0 saturated heterocycles. The molecule has 1 fully saturated rings. The van der Waals surface area contributed by atoms with Crippen LogP contribution in [0.2, 0.25) is 0 Å². The van der Waals surface area contributed by atoms with E-state index in [9.17, 15) is 9.59 Å². The molecule has 1 aliphatic carbocycles. The number of amides is 2. The molecule has 0 aliphatic heterocycles. The van der Waals surface area contributed by atoms with Crippen molar-refractivity contribution in [2.45, 2.75) is 37.8 Å². The van der Waals surface area contributed by atoms with Gasteiger partial charge in [-0.05, 0) is 37.8 Å². The normalized spacial score (nSPS) is 21.0. The van der Waals surface area contributed by atoms with E-state index >= 15 is 0 Å². The summed E-state index contributed by atoms with van der Waals surface area (Å²) < 4.78 is 0. The Bertz CT molecular complexity index is 459. The largest absolute Gasteiger partial charge is 0.352 e. The molecule has 0 radical (unpaired) electrons. The average molecular weight is 312 g/mol. The molecule has 6 heteroatoms. The van der Waals surface area contributed by atoms with Gasteiger partial charge in [-0.25, -0.2) is 0 Å². The number of rotatable bonds is 4. The van der Waals surface area contributed by atoms with Gasteiger partial charge in [0.25, 0.3) is 5.91 Å². The van der Waals surface area contributed by atoms with Gasteiger partial charge in [0.1, 0.15) is 0 Å². The van der Waals surface area contributed by atoms with Crippen LogP contribution in [0.3, 0.4) is 0 Å². The van der Waals surface area contributed by atoms with Crippen LogP contribution in [-0.2, 0) is 4.79 Å². The van der Waals surface area contributed by atoms with E-state index in [2.05, 4.69) is 10.6 Å². The van der Waals surface area contributed by atoms with Gasteiger partial charge in [0.05, 0.1) is 6.54 Å². The maximum absolute atomic E-state index is 11.8. The molecule has 1 saturated carbocycles. The van der Waals surface area contributed by atoms with Crippen molar-refractivity contribution in [3.05, 3.63) is 35.9 Å². The van der Waals surface area contributed by atoms with Crippen LogP contribution in [0, 0.1) is 0 Å². The summed E-state index contributed by atoms with van der Waals surface area (Å²) in [5.41, 5.74) is 6.38. The first-order chi connectivity index (χ1) is 9.65. The van der Waals surface area contributed by atoms with Gasteiger partial charge in [-0.3, -0.25) is 9.59 Å². The molecule has 0 aromatic heterocycles. The molecule has 0 bridgehead atoms. The van der Waals surface area contributed by atoms with Crippen molar-refractivity contribution in [2.75, 3.05) is 6.54 Å². The smallest absolute Gasteiger partial charge is 0.251 e. The van der Waals surface area contributed by atoms with Crippen LogP contribution in [0.15, 0.2) is 30.3 Å². The molecule has 116 valence electrons. The van der Waals surface area contributed by atoms with Gasteiger partial charge in [-0.15, -0.1) is 12.4 Å². The molecule has 1 aliphatic rings. The topological polar surface area (TPSA) is 84.2 Å². The SMILES string of the molecule is Cl.NC1CCC(NC(=O)CNC(=O)c2ccccc2)CC1. The molecule has 0 unspecified atom stereocenters. The molecule has 2 amide bonds. The zero-order valence-corrected chi connectivity index (χ0v) is 12.7. The number of carbonyl (C=O) groups is 2. The second-order valence-electron chi connectivity index (χ2n) is 5.23. The Morgan fingerprint density at radius 1 is 1.10 bits per heavy atom. The number of hydrogen-bond acceptors (Lipinski definition) is 3. The summed E-state index contributed by atoms with van der Waals surface area (Å²) in [6.45, 7) is 0.0102. The second-order valence-corrected chi connectivity index (χ2v) is 5.23. The van der Waals surface area contributed by atoms with Crippen LogP contribution in [0.25, 0.3) is 0 Å². The molecule has 0 heterocycles. The van der Waals surface area contributed by atoms with Gasteiger partial charge in [-0.1, -0.05) is 18.2 Å². The third-order valence-corrected chi connectivity index (χ3v) is 3.58. The van der Waals surface area contributed by atoms with Crippen LogP contribution < -0.4 is 16.4 Å². The maximum Gasteiger partial charge on any atom is 0.251 e. The fourth-order valence-corrected chi connectivity index (χ4v) is 2.39. The van der Waals surface area contributed by atoms with Crippen LogP contribution >= 0.6 is 12.4 Å². The molecule has 2 rings (SSSR count). The summed E-state index contributed by atoms with van der Waals surface area (Å²) in [5, 5.41) is 5.56. The minimum absolute atomic E-state index is 0. The Morgan fingerprint density at radius 3 is 2.33 bits per heavy atom. The summed E-state index contributed by atoms with van der Waals surface area (Å²) >= 11 is 0. The number of nitrogens with two attached hydrogens (primary N) is 1. The van der Waals surface area contributed by atoms with E-state index in [1.54, 1.807) is 24.3 Å². The highest BCUT2D eigenvalue weighted by atomic mass is 35.5. The zero-order valence-electron chi connectivity index (χ0n) is 11.9. The first kappa shape index (κ1) is 17.5. The molecule has 1 aromatic rings. The van der Waals surface area contributed by atoms with Crippen molar-refractivity contribution < 1.29 is 9.59 Å². The molecule has 21 heavy (non-hydrogen) atoms. The highest BCUT2D eigenvalue weighted by molar-refractivity contribution is 5.96. The predicted molar refractivity (Wildman–Crippen MR) is 84.4 cm³/mol. The molecular weight excluding hydrogens is 290 g/mol. The molecule has 4 N–H and O–H groups in total. The number of nitrogens with one attached hydrogen (secondary N) is 2. The van der Waals surface area contributed by atoms with Crippen LogP contribution in [-0.4, -0.2) is 30.4 Å². The van der Waals surface area contributed by atoms with E-state index in [0.717, 1.165) is 25.7 Å². The van der Waals surface area contributed by atoms with Gasteiger partial charge < -0.3 is 16.4 Å². The lowest BCUT2D eigenvalue weighted by molar-refractivity contribution is -0.121. The number of benzene rings is 1. The Labute approximate surface area is 131 Å². The quantitative estimate of drug-likeness (QED) is 0.782. The second kappa shape index (κ2) is 8.64. The monoisotopic (exact) mass is 311 g/mol. The van der Waals surface area contributed by atoms with Gasteiger partial charge in [0.2, 0.25) is 5.91 Å². The highest BCUT2D eigenvalue weighted by Crippen LogP contribution is 2.16. The van der Waals surface area contributed by atoms with E-state index in [1.807, 2.05) is 6.07 Å². The number of carbonyl (C=O) groups excluding carboxylic acids is 2. The van der Waals surface area contributed by atoms with E-state index in [-0.39, 0.29) is 42.8 Å². The lowest BCUT2D eigenvalue weighted by Crippen LogP contribution is -2.44. The first-order valence-electron chi connectivity index (χ1n) is 7.03. The van der Waals surface area contributed by atoms with Crippen molar-refractivity contribution in [1.29, 1.82) is 0 Å². The Balaban J connectivity index is 0.00000220. The fourth-order valence-electron chi connectivity index (χ4n) is 2.39. The minimum atomic E-state index is -0.230. The van der Waals surface area contributed by atoms with Crippen LogP contribution in [0.5, 0.6) is 0 Å². The van der Waals surface area contributed by atoms with Crippen LogP contribution in [0.4, 0.5) is 0 Å². The summed E-state index contributed by atoms with van der Waals surface area (Å²) in [7, 11) is 0.